The number of aromatic nitrogens is 1. The van der Waals surface area contributed by atoms with Crippen LogP contribution in [0.5, 0.6) is 5.19 Å². The summed E-state index contributed by atoms with van der Waals surface area (Å²) in [7, 11) is 0. The molecule has 0 bridgehead atoms. The summed E-state index contributed by atoms with van der Waals surface area (Å²) in [6.07, 6.45) is 6.63. The molecule has 1 heterocycles. The van der Waals surface area contributed by atoms with Crippen molar-refractivity contribution >= 4 is 22.9 Å². The van der Waals surface area contributed by atoms with Gasteiger partial charge in [-0.2, -0.15) is 4.98 Å². The quantitative estimate of drug-likeness (QED) is 0.798. The number of thiazole rings is 1. The molecule has 1 fully saturated rings. The van der Waals surface area contributed by atoms with Gasteiger partial charge in [-0.1, -0.05) is 36.3 Å². The summed E-state index contributed by atoms with van der Waals surface area (Å²) in [5.74, 6) is 0.696. The van der Waals surface area contributed by atoms with Crippen LogP contribution in [0.2, 0.25) is 5.15 Å². The lowest BCUT2D eigenvalue weighted by Gasteiger charge is -2.30. The number of halogens is 1. The highest BCUT2D eigenvalue weighted by atomic mass is 35.5. The molecule has 1 aliphatic rings. The van der Waals surface area contributed by atoms with Crippen LogP contribution in [0.3, 0.4) is 0 Å². The first kappa shape index (κ1) is 11.2. The monoisotopic (exact) mass is 245 g/mol. The lowest BCUT2D eigenvalue weighted by molar-refractivity contribution is 0.0901. The molecule has 84 valence electrons. The topological polar surface area (TPSA) is 22.1 Å². The number of hydrogen-bond acceptors (Lipinski definition) is 3. The molecule has 4 heteroatoms. The molecule has 1 aromatic rings. The fourth-order valence-electron chi connectivity index (χ4n) is 2.22. The van der Waals surface area contributed by atoms with Crippen molar-refractivity contribution in [2.75, 3.05) is 0 Å². The summed E-state index contributed by atoms with van der Waals surface area (Å²) in [6.45, 7) is 2.24. The first-order chi connectivity index (χ1) is 7.29. The third kappa shape index (κ3) is 2.85. The molecule has 15 heavy (non-hydrogen) atoms. The van der Waals surface area contributed by atoms with Gasteiger partial charge in [-0.3, -0.25) is 0 Å². The second-order valence-corrected chi connectivity index (χ2v) is 5.25. The number of rotatable bonds is 3. The molecule has 1 aliphatic carbocycles. The Labute approximate surface area is 99.6 Å². The Balaban J connectivity index is 1.97. The summed E-state index contributed by atoms with van der Waals surface area (Å²) >= 11 is 7.26. The van der Waals surface area contributed by atoms with Crippen molar-refractivity contribution in [2.45, 2.75) is 45.1 Å². The fraction of sp³-hybridized carbons (Fsp3) is 0.727. The van der Waals surface area contributed by atoms with Crippen molar-refractivity contribution in [1.82, 2.24) is 4.98 Å². The molecular formula is C11H16ClNOS. The van der Waals surface area contributed by atoms with E-state index in [2.05, 4.69) is 11.9 Å². The van der Waals surface area contributed by atoms with Crippen molar-refractivity contribution in [3.05, 3.63) is 10.5 Å². The van der Waals surface area contributed by atoms with Crippen molar-refractivity contribution in [3.63, 3.8) is 0 Å². The zero-order valence-electron chi connectivity index (χ0n) is 8.91. The maximum atomic E-state index is 5.90. The number of hydrogen-bond donors (Lipinski definition) is 0. The third-order valence-corrected chi connectivity index (χ3v) is 4.12. The van der Waals surface area contributed by atoms with Gasteiger partial charge in [-0.05, 0) is 31.6 Å². The number of ether oxygens (including phenoxy) is 1. The molecular weight excluding hydrogens is 230 g/mol. The van der Waals surface area contributed by atoms with Gasteiger partial charge < -0.3 is 4.74 Å². The minimum atomic E-state index is 0.353. The van der Waals surface area contributed by atoms with Crippen molar-refractivity contribution in [3.8, 4) is 5.19 Å². The minimum absolute atomic E-state index is 0.353. The van der Waals surface area contributed by atoms with E-state index in [1.54, 1.807) is 0 Å². The van der Waals surface area contributed by atoms with Gasteiger partial charge in [-0.15, -0.1) is 0 Å². The van der Waals surface area contributed by atoms with E-state index in [4.69, 9.17) is 16.3 Å². The standard InChI is InChI=1S/C11H16ClNOS/c1-2-8-5-3-4-6-9(8)14-11-13-10(12)7-15-11/h7-9H,2-6H2,1H3. The van der Waals surface area contributed by atoms with E-state index in [0.717, 1.165) is 11.6 Å². The average Bonchev–Trinajstić information content (AvgIpc) is 2.65. The maximum Gasteiger partial charge on any atom is 0.274 e. The second kappa shape index (κ2) is 5.17. The highest BCUT2D eigenvalue weighted by Crippen LogP contribution is 2.32. The fourth-order valence-corrected chi connectivity index (χ4v) is 3.06. The molecule has 0 amide bonds. The largest absolute Gasteiger partial charge is 0.466 e. The van der Waals surface area contributed by atoms with Gasteiger partial charge in [0.05, 0.1) is 0 Å². The van der Waals surface area contributed by atoms with Gasteiger partial charge in [0.2, 0.25) is 0 Å². The summed E-state index contributed by atoms with van der Waals surface area (Å²) in [5.41, 5.74) is 0. The Bertz CT molecular complexity index is 315. The normalized spacial score (nSPS) is 26.5. The summed E-state index contributed by atoms with van der Waals surface area (Å²) in [6, 6.07) is 0. The Morgan fingerprint density at radius 1 is 1.53 bits per heavy atom. The van der Waals surface area contributed by atoms with Crippen molar-refractivity contribution in [2.24, 2.45) is 5.92 Å². The van der Waals surface area contributed by atoms with Crippen LogP contribution < -0.4 is 4.74 Å². The van der Waals surface area contributed by atoms with E-state index in [9.17, 15) is 0 Å². The molecule has 2 unspecified atom stereocenters. The van der Waals surface area contributed by atoms with Gasteiger partial charge in [0.15, 0.2) is 0 Å². The highest BCUT2D eigenvalue weighted by Gasteiger charge is 2.25. The molecule has 1 aromatic heterocycles. The van der Waals surface area contributed by atoms with E-state index in [1.807, 2.05) is 5.38 Å². The van der Waals surface area contributed by atoms with E-state index in [-0.39, 0.29) is 0 Å². The molecule has 0 saturated heterocycles. The zero-order valence-corrected chi connectivity index (χ0v) is 10.5. The van der Waals surface area contributed by atoms with E-state index < -0.39 is 0 Å². The molecule has 0 radical (unpaired) electrons. The van der Waals surface area contributed by atoms with Gasteiger partial charge in [-0.25, -0.2) is 0 Å². The van der Waals surface area contributed by atoms with Gasteiger partial charge in [0.1, 0.15) is 11.3 Å². The molecule has 0 aliphatic heterocycles. The van der Waals surface area contributed by atoms with Crippen LogP contribution in [0.4, 0.5) is 0 Å². The maximum absolute atomic E-state index is 5.90. The molecule has 0 N–H and O–H groups in total. The van der Waals surface area contributed by atoms with Crippen LogP contribution in [-0.4, -0.2) is 11.1 Å². The van der Waals surface area contributed by atoms with Crippen molar-refractivity contribution < 1.29 is 4.74 Å². The Hall–Kier alpha value is -0.280. The Morgan fingerprint density at radius 2 is 2.33 bits per heavy atom. The first-order valence-corrected chi connectivity index (χ1v) is 6.83. The SMILES string of the molecule is CCC1CCCCC1Oc1nc(Cl)cs1. The molecule has 1 saturated carbocycles. The lowest BCUT2D eigenvalue weighted by atomic mass is 9.85. The first-order valence-electron chi connectivity index (χ1n) is 5.57. The molecule has 0 spiro atoms. The minimum Gasteiger partial charge on any atom is -0.466 e. The predicted octanol–water partition coefficient (Wildman–Crippen LogP) is 4.14. The van der Waals surface area contributed by atoms with Crippen LogP contribution in [0, 0.1) is 5.92 Å². The Morgan fingerprint density at radius 3 is 3.00 bits per heavy atom. The molecule has 2 atom stereocenters. The van der Waals surface area contributed by atoms with E-state index >= 15 is 0 Å². The highest BCUT2D eigenvalue weighted by molar-refractivity contribution is 7.11. The summed E-state index contributed by atoms with van der Waals surface area (Å²) in [5, 5.41) is 3.09. The van der Waals surface area contributed by atoms with E-state index in [0.29, 0.717) is 17.2 Å². The molecule has 2 nitrogen and oxygen atoms in total. The predicted molar refractivity (Wildman–Crippen MR) is 63.8 cm³/mol. The number of nitrogens with zero attached hydrogens (tertiary/aromatic N) is 1. The van der Waals surface area contributed by atoms with Crippen LogP contribution in [0.15, 0.2) is 5.38 Å². The van der Waals surface area contributed by atoms with Crippen molar-refractivity contribution in [1.29, 1.82) is 0 Å². The second-order valence-electron chi connectivity index (χ2n) is 4.05. The lowest BCUT2D eigenvalue weighted by Crippen LogP contribution is -2.29. The van der Waals surface area contributed by atoms with Gasteiger partial charge in [0, 0.05) is 5.38 Å². The van der Waals surface area contributed by atoms with Crippen LogP contribution in [0.1, 0.15) is 39.0 Å². The molecule has 2 rings (SSSR count). The summed E-state index contributed by atoms with van der Waals surface area (Å²) < 4.78 is 5.90. The van der Waals surface area contributed by atoms with E-state index in [1.165, 1.54) is 37.0 Å². The zero-order chi connectivity index (χ0) is 10.7. The van der Waals surface area contributed by atoms with Gasteiger partial charge >= 0.3 is 0 Å². The van der Waals surface area contributed by atoms with Crippen LogP contribution >= 0.6 is 22.9 Å². The Kier molecular flexibility index (Phi) is 3.87. The molecule has 0 aromatic carbocycles. The van der Waals surface area contributed by atoms with Gasteiger partial charge in [0.25, 0.3) is 5.19 Å². The third-order valence-electron chi connectivity index (χ3n) is 3.07. The smallest absolute Gasteiger partial charge is 0.274 e. The average molecular weight is 246 g/mol. The summed E-state index contributed by atoms with van der Waals surface area (Å²) in [4.78, 5) is 4.14. The van der Waals surface area contributed by atoms with Crippen LogP contribution in [0.25, 0.3) is 0 Å². The van der Waals surface area contributed by atoms with Crippen LogP contribution in [-0.2, 0) is 0 Å².